The zero-order valence-corrected chi connectivity index (χ0v) is 19.4. The van der Waals surface area contributed by atoms with Crippen LogP contribution in [0.3, 0.4) is 0 Å². The summed E-state index contributed by atoms with van der Waals surface area (Å²) >= 11 is 12.5. The number of anilines is 2. The molecule has 11 nitrogen and oxygen atoms in total. The Kier molecular flexibility index (Phi) is 5.34. The van der Waals surface area contributed by atoms with Gasteiger partial charge in [-0.05, 0) is 44.2 Å². The van der Waals surface area contributed by atoms with Crippen molar-refractivity contribution >= 4 is 46.4 Å². The zero-order valence-electron chi connectivity index (χ0n) is 17.9. The monoisotopic (exact) mass is 494 g/mol. The van der Waals surface area contributed by atoms with Crippen molar-refractivity contribution in [3.8, 4) is 17.2 Å². The lowest BCUT2D eigenvalue weighted by Crippen LogP contribution is -2.14. The minimum Gasteiger partial charge on any atom is -0.364 e. The number of aryl methyl sites for hydroxylation is 2. The number of pyridine rings is 1. The Labute approximate surface area is 202 Å². The van der Waals surface area contributed by atoms with E-state index >= 15 is 0 Å². The van der Waals surface area contributed by atoms with E-state index in [0.717, 1.165) is 16.2 Å². The SMILES string of the molecule is Cc1cc(C)n2c(-c3ccc(Nc4nn(-c5c(Cl)cccc5Cl)nc4C(N)=O)cn3)nnc2n1. The van der Waals surface area contributed by atoms with Gasteiger partial charge in [0.25, 0.3) is 11.7 Å². The van der Waals surface area contributed by atoms with E-state index in [9.17, 15) is 4.79 Å². The number of para-hydroxylation sites is 1. The number of amides is 1. The molecule has 0 aliphatic carbocycles. The van der Waals surface area contributed by atoms with Crippen molar-refractivity contribution in [2.24, 2.45) is 5.73 Å². The number of aromatic nitrogens is 8. The van der Waals surface area contributed by atoms with Gasteiger partial charge in [0.2, 0.25) is 0 Å². The number of nitrogens with zero attached hydrogens (tertiary/aromatic N) is 8. The molecule has 0 saturated heterocycles. The lowest BCUT2D eigenvalue weighted by molar-refractivity contribution is 0.0996. The Morgan fingerprint density at radius 1 is 1.06 bits per heavy atom. The van der Waals surface area contributed by atoms with Crippen molar-refractivity contribution in [1.29, 1.82) is 0 Å². The predicted octanol–water partition coefficient (Wildman–Crippen LogP) is 3.53. The van der Waals surface area contributed by atoms with Crippen LogP contribution in [-0.2, 0) is 0 Å². The molecule has 5 aromatic rings. The number of carbonyl (C=O) groups is 1. The fraction of sp³-hybridized carbons (Fsp3) is 0.0952. The van der Waals surface area contributed by atoms with Gasteiger partial charge in [0.05, 0.1) is 21.9 Å². The van der Waals surface area contributed by atoms with Crippen LogP contribution >= 0.6 is 23.2 Å². The topological polar surface area (TPSA) is 142 Å². The lowest BCUT2D eigenvalue weighted by Gasteiger charge is -2.06. The molecule has 1 amide bonds. The molecule has 0 atom stereocenters. The zero-order chi connectivity index (χ0) is 24.0. The van der Waals surface area contributed by atoms with Crippen molar-refractivity contribution in [2.45, 2.75) is 13.8 Å². The van der Waals surface area contributed by atoms with Gasteiger partial charge < -0.3 is 11.1 Å². The maximum absolute atomic E-state index is 12.0. The summed E-state index contributed by atoms with van der Waals surface area (Å²) in [4.78, 5) is 22.0. The van der Waals surface area contributed by atoms with Crippen LogP contribution in [0.5, 0.6) is 0 Å². The molecule has 34 heavy (non-hydrogen) atoms. The van der Waals surface area contributed by atoms with Crippen LogP contribution in [0.4, 0.5) is 11.5 Å². The number of fused-ring (bicyclic) bond motifs is 1. The second kappa shape index (κ2) is 8.36. The van der Waals surface area contributed by atoms with Crippen molar-refractivity contribution in [3.63, 3.8) is 0 Å². The van der Waals surface area contributed by atoms with Gasteiger partial charge in [-0.1, -0.05) is 29.3 Å². The van der Waals surface area contributed by atoms with E-state index in [1.807, 2.05) is 24.3 Å². The molecule has 13 heteroatoms. The molecule has 4 heterocycles. The normalized spacial score (nSPS) is 11.2. The summed E-state index contributed by atoms with van der Waals surface area (Å²) in [6, 6.07) is 10.4. The summed E-state index contributed by atoms with van der Waals surface area (Å²) in [7, 11) is 0. The molecule has 0 aliphatic heterocycles. The largest absolute Gasteiger partial charge is 0.364 e. The van der Waals surface area contributed by atoms with Crippen molar-refractivity contribution in [1.82, 2.24) is 39.6 Å². The van der Waals surface area contributed by atoms with Gasteiger partial charge in [-0.25, -0.2) is 4.98 Å². The highest BCUT2D eigenvalue weighted by Gasteiger charge is 2.20. The van der Waals surface area contributed by atoms with E-state index in [4.69, 9.17) is 28.9 Å². The van der Waals surface area contributed by atoms with Crippen LogP contribution in [-0.4, -0.2) is 45.5 Å². The van der Waals surface area contributed by atoms with Gasteiger partial charge in [0.15, 0.2) is 17.3 Å². The van der Waals surface area contributed by atoms with Crippen molar-refractivity contribution in [2.75, 3.05) is 5.32 Å². The highest BCUT2D eigenvalue weighted by Crippen LogP contribution is 2.29. The third-order valence-corrected chi connectivity index (χ3v) is 5.54. The standard InChI is InChI=1S/C21H16Cl2N10O/c1-10-8-11(2)32-20(28-29-21(32)26-10)15-7-6-12(9-25-15)27-19-16(18(24)34)30-33(31-19)17-13(22)4-3-5-14(17)23/h3-9H,1-2H3,(H2,24,34)(H,27,31). The first-order chi connectivity index (χ1) is 16.3. The predicted molar refractivity (Wildman–Crippen MR) is 127 cm³/mol. The van der Waals surface area contributed by atoms with E-state index in [0.29, 0.717) is 38.7 Å². The Hall–Kier alpha value is -4.09. The highest BCUT2D eigenvalue weighted by atomic mass is 35.5. The van der Waals surface area contributed by atoms with Crippen LogP contribution in [0, 0.1) is 13.8 Å². The molecular weight excluding hydrogens is 479 g/mol. The summed E-state index contributed by atoms with van der Waals surface area (Å²) in [6.45, 7) is 3.85. The van der Waals surface area contributed by atoms with Crippen LogP contribution in [0.1, 0.15) is 21.9 Å². The van der Waals surface area contributed by atoms with E-state index < -0.39 is 5.91 Å². The quantitative estimate of drug-likeness (QED) is 0.377. The molecule has 3 N–H and O–H groups in total. The molecule has 1 aromatic carbocycles. The number of rotatable bonds is 5. The first-order valence-corrected chi connectivity index (χ1v) is 10.7. The second-order valence-corrected chi connectivity index (χ2v) is 8.19. The smallest absolute Gasteiger partial charge is 0.273 e. The molecule has 0 bridgehead atoms. The number of carbonyl (C=O) groups excluding carboxylic acids is 1. The van der Waals surface area contributed by atoms with Gasteiger partial charge in [-0.15, -0.1) is 25.2 Å². The summed E-state index contributed by atoms with van der Waals surface area (Å²) in [5, 5.41) is 20.5. The molecule has 0 saturated carbocycles. The van der Waals surface area contributed by atoms with Gasteiger partial charge in [-0.3, -0.25) is 14.2 Å². The average Bonchev–Trinajstić information content (AvgIpc) is 3.39. The van der Waals surface area contributed by atoms with E-state index in [1.54, 1.807) is 36.5 Å². The first-order valence-electron chi connectivity index (χ1n) is 9.96. The summed E-state index contributed by atoms with van der Waals surface area (Å²) in [6.07, 6.45) is 1.57. The summed E-state index contributed by atoms with van der Waals surface area (Å²) in [5.74, 6) is 0.414. The van der Waals surface area contributed by atoms with Crippen molar-refractivity contribution < 1.29 is 4.79 Å². The van der Waals surface area contributed by atoms with Gasteiger partial charge >= 0.3 is 0 Å². The van der Waals surface area contributed by atoms with Gasteiger partial charge in [0.1, 0.15) is 11.4 Å². The van der Waals surface area contributed by atoms with E-state index in [2.05, 4.69) is 35.7 Å². The third-order valence-electron chi connectivity index (χ3n) is 4.93. The molecular formula is C21H16Cl2N10O. The number of halogens is 2. The average molecular weight is 495 g/mol. The number of benzene rings is 1. The van der Waals surface area contributed by atoms with Crippen LogP contribution in [0.2, 0.25) is 10.0 Å². The molecule has 4 aromatic heterocycles. The Morgan fingerprint density at radius 3 is 2.50 bits per heavy atom. The minimum atomic E-state index is -0.769. The fourth-order valence-electron chi connectivity index (χ4n) is 3.47. The van der Waals surface area contributed by atoms with Crippen LogP contribution in [0.25, 0.3) is 23.0 Å². The fourth-order valence-corrected chi connectivity index (χ4v) is 4.02. The maximum Gasteiger partial charge on any atom is 0.273 e. The molecule has 170 valence electrons. The molecule has 0 radical (unpaired) electrons. The number of primary amides is 1. The lowest BCUT2D eigenvalue weighted by atomic mass is 10.3. The molecule has 0 spiro atoms. The first kappa shape index (κ1) is 21.7. The Morgan fingerprint density at radius 2 is 1.82 bits per heavy atom. The van der Waals surface area contributed by atoms with E-state index in [-0.39, 0.29) is 11.5 Å². The van der Waals surface area contributed by atoms with Crippen LogP contribution in [0.15, 0.2) is 42.6 Å². The Balaban J connectivity index is 1.48. The second-order valence-electron chi connectivity index (χ2n) is 7.38. The van der Waals surface area contributed by atoms with Crippen LogP contribution < -0.4 is 11.1 Å². The number of hydrogen-bond donors (Lipinski definition) is 2. The molecule has 0 unspecified atom stereocenters. The molecule has 5 rings (SSSR count). The van der Waals surface area contributed by atoms with Gasteiger partial charge in [-0.2, -0.15) is 0 Å². The maximum atomic E-state index is 12.0. The molecule has 0 fully saturated rings. The number of hydrogen-bond acceptors (Lipinski definition) is 8. The molecule has 0 aliphatic rings. The number of nitrogens with one attached hydrogen (secondary N) is 1. The minimum absolute atomic E-state index is 0.0828. The summed E-state index contributed by atoms with van der Waals surface area (Å²) < 4.78 is 1.83. The number of nitrogens with two attached hydrogens (primary N) is 1. The summed E-state index contributed by atoms with van der Waals surface area (Å²) in [5.41, 5.74) is 8.67. The highest BCUT2D eigenvalue weighted by molar-refractivity contribution is 6.37. The van der Waals surface area contributed by atoms with E-state index in [1.165, 1.54) is 0 Å². The van der Waals surface area contributed by atoms with Crippen molar-refractivity contribution in [3.05, 3.63) is 69.7 Å². The Bertz CT molecular complexity index is 1540. The van der Waals surface area contributed by atoms with Gasteiger partial charge in [0, 0.05) is 11.4 Å². The third kappa shape index (κ3) is 3.80.